The van der Waals surface area contributed by atoms with Crippen molar-refractivity contribution in [2.75, 3.05) is 26.7 Å². The van der Waals surface area contributed by atoms with E-state index in [2.05, 4.69) is 17.3 Å². The Bertz CT molecular complexity index is 139. The van der Waals surface area contributed by atoms with Gasteiger partial charge in [-0.05, 0) is 46.3 Å². The lowest BCUT2D eigenvalue weighted by molar-refractivity contribution is 0.182. The maximum Gasteiger partial charge on any atom is 0.0524 e. The topological polar surface area (TPSA) is 35.5 Å². The first kappa shape index (κ1) is 11.0. The van der Waals surface area contributed by atoms with Gasteiger partial charge in [0, 0.05) is 12.6 Å². The van der Waals surface area contributed by atoms with Crippen LogP contribution >= 0.6 is 0 Å². The molecule has 0 bridgehead atoms. The molecule has 1 fully saturated rings. The molecule has 0 amide bonds. The van der Waals surface area contributed by atoms with Crippen LogP contribution in [-0.4, -0.2) is 48.8 Å². The van der Waals surface area contributed by atoms with E-state index in [1.54, 1.807) is 0 Å². The molecule has 13 heavy (non-hydrogen) atoms. The highest BCUT2D eigenvalue weighted by Gasteiger charge is 2.19. The Labute approximate surface area is 81.1 Å². The van der Waals surface area contributed by atoms with Crippen LogP contribution < -0.4 is 5.32 Å². The lowest BCUT2D eigenvalue weighted by Crippen LogP contribution is -2.36. The quantitative estimate of drug-likeness (QED) is 0.612. The number of aliphatic hydroxyl groups is 1. The van der Waals surface area contributed by atoms with Gasteiger partial charge < -0.3 is 15.3 Å². The van der Waals surface area contributed by atoms with Crippen molar-refractivity contribution in [2.24, 2.45) is 0 Å². The van der Waals surface area contributed by atoms with Crippen molar-refractivity contribution < 1.29 is 5.11 Å². The summed E-state index contributed by atoms with van der Waals surface area (Å²) in [7, 11) is 2.19. The highest BCUT2D eigenvalue weighted by Crippen LogP contribution is 2.13. The molecule has 3 heteroatoms. The van der Waals surface area contributed by atoms with Gasteiger partial charge in [-0.2, -0.15) is 0 Å². The minimum Gasteiger partial charge on any atom is -0.393 e. The molecule has 1 heterocycles. The largest absolute Gasteiger partial charge is 0.393 e. The molecule has 1 aliphatic rings. The number of hydrogen-bond acceptors (Lipinski definition) is 3. The molecule has 3 nitrogen and oxygen atoms in total. The van der Waals surface area contributed by atoms with Gasteiger partial charge in [0.25, 0.3) is 0 Å². The van der Waals surface area contributed by atoms with Gasteiger partial charge in [0.1, 0.15) is 0 Å². The maximum absolute atomic E-state index is 9.05. The van der Waals surface area contributed by atoms with Gasteiger partial charge in [-0.15, -0.1) is 0 Å². The average Bonchev–Trinajstić information content (AvgIpc) is 2.45. The number of rotatable bonds is 5. The summed E-state index contributed by atoms with van der Waals surface area (Å²) in [4.78, 5) is 2.41. The minimum absolute atomic E-state index is 0.172. The van der Waals surface area contributed by atoms with Gasteiger partial charge >= 0.3 is 0 Å². The van der Waals surface area contributed by atoms with Crippen LogP contribution in [0.1, 0.15) is 26.2 Å². The highest BCUT2D eigenvalue weighted by atomic mass is 16.3. The Morgan fingerprint density at radius 2 is 2.38 bits per heavy atom. The second kappa shape index (κ2) is 5.58. The Balaban J connectivity index is 1.99. The molecule has 2 atom stereocenters. The molecule has 2 N–H and O–H groups in total. The number of hydrogen-bond donors (Lipinski definition) is 2. The fourth-order valence-corrected chi connectivity index (χ4v) is 1.82. The third-order valence-corrected chi connectivity index (χ3v) is 2.79. The van der Waals surface area contributed by atoms with E-state index in [9.17, 15) is 0 Å². The van der Waals surface area contributed by atoms with Gasteiger partial charge in [-0.1, -0.05) is 0 Å². The summed E-state index contributed by atoms with van der Waals surface area (Å²) in [6.07, 6.45) is 3.34. The predicted octanol–water partition coefficient (Wildman–Crippen LogP) is 0.441. The molecule has 0 aromatic heterocycles. The van der Waals surface area contributed by atoms with Gasteiger partial charge in [-0.25, -0.2) is 0 Å². The van der Waals surface area contributed by atoms with Crippen LogP contribution in [0.25, 0.3) is 0 Å². The molecule has 0 aliphatic carbocycles. The summed E-state index contributed by atoms with van der Waals surface area (Å²) >= 11 is 0. The number of likely N-dealkylation sites (tertiary alicyclic amines) is 1. The van der Waals surface area contributed by atoms with Crippen molar-refractivity contribution in [2.45, 2.75) is 38.3 Å². The zero-order chi connectivity index (χ0) is 9.68. The van der Waals surface area contributed by atoms with Crippen LogP contribution in [0, 0.1) is 0 Å². The molecule has 1 saturated heterocycles. The van der Waals surface area contributed by atoms with E-state index >= 15 is 0 Å². The normalized spacial score (nSPS) is 26.5. The fourth-order valence-electron chi connectivity index (χ4n) is 1.82. The maximum atomic E-state index is 9.05. The van der Waals surface area contributed by atoms with Crippen LogP contribution in [-0.2, 0) is 0 Å². The summed E-state index contributed by atoms with van der Waals surface area (Å²) < 4.78 is 0. The predicted molar refractivity (Wildman–Crippen MR) is 54.8 cm³/mol. The molecule has 0 spiro atoms. The zero-order valence-electron chi connectivity index (χ0n) is 8.79. The fraction of sp³-hybridized carbons (Fsp3) is 1.00. The zero-order valence-corrected chi connectivity index (χ0v) is 8.79. The van der Waals surface area contributed by atoms with Crippen molar-refractivity contribution in [3.8, 4) is 0 Å². The highest BCUT2D eigenvalue weighted by molar-refractivity contribution is 4.77. The van der Waals surface area contributed by atoms with E-state index in [1.165, 1.54) is 19.4 Å². The standard InChI is InChI=1S/C10H22N2O/c1-9(13)5-6-11-8-10-4-3-7-12(10)2/h9-11,13H,3-8H2,1-2H3. The number of nitrogens with zero attached hydrogens (tertiary/aromatic N) is 1. The van der Waals surface area contributed by atoms with Gasteiger partial charge in [-0.3, -0.25) is 0 Å². The van der Waals surface area contributed by atoms with Crippen LogP contribution in [0.15, 0.2) is 0 Å². The van der Waals surface area contributed by atoms with Crippen molar-refractivity contribution in [3.05, 3.63) is 0 Å². The third-order valence-electron chi connectivity index (χ3n) is 2.79. The Morgan fingerprint density at radius 3 is 2.92 bits per heavy atom. The Morgan fingerprint density at radius 1 is 1.62 bits per heavy atom. The van der Waals surface area contributed by atoms with E-state index in [0.717, 1.165) is 19.5 Å². The first-order valence-electron chi connectivity index (χ1n) is 5.29. The SMILES string of the molecule is CC(O)CCNCC1CCCN1C. The summed E-state index contributed by atoms with van der Waals surface area (Å²) in [5.41, 5.74) is 0. The molecule has 1 rings (SSSR count). The lowest BCUT2D eigenvalue weighted by Gasteiger charge is -2.19. The van der Waals surface area contributed by atoms with Crippen LogP contribution in [0.4, 0.5) is 0 Å². The molecule has 0 saturated carbocycles. The minimum atomic E-state index is -0.172. The molecule has 0 radical (unpaired) electrons. The molecular weight excluding hydrogens is 164 g/mol. The summed E-state index contributed by atoms with van der Waals surface area (Å²) in [5.74, 6) is 0. The van der Waals surface area contributed by atoms with Crippen molar-refractivity contribution in [1.29, 1.82) is 0 Å². The second-order valence-electron chi connectivity index (χ2n) is 4.12. The van der Waals surface area contributed by atoms with Crippen molar-refractivity contribution >= 4 is 0 Å². The van der Waals surface area contributed by atoms with E-state index in [0.29, 0.717) is 6.04 Å². The smallest absolute Gasteiger partial charge is 0.0524 e. The summed E-state index contributed by atoms with van der Waals surface area (Å²) in [6, 6.07) is 0.717. The molecular formula is C10H22N2O. The third kappa shape index (κ3) is 4.07. The van der Waals surface area contributed by atoms with Crippen LogP contribution in [0.3, 0.4) is 0 Å². The first-order valence-corrected chi connectivity index (χ1v) is 5.29. The molecule has 2 unspecified atom stereocenters. The number of nitrogens with one attached hydrogen (secondary N) is 1. The van der Waals surface area contributed by atoms with Gasteiger partial charge in [0.15, 0.2) is 0 Å². The lowest BCUT2D eigenvalue weighted by atomic mass is 10.2. The van der Waals surface area contributed by atoms with Crippen molar-refractivity contribution in [1.82, 2.24) is 10.2 Å². The molecule has 78 valence electrons. The summed E-state index contributed by atoms with van der Waals surface area (Å²) in [6.45, 7) is 5.08. The molecule has 0 aromatic carbocycles. The Kier molecular flexibility index (Phi) is 4.70. The number of aliphatic hydroxyl groups excluding tert-OH is 1. The first-order chi connectivity index (χ1) is 6.20. The van der Waals surface area contributed by atoms with Crippen LogP contribution in [0.5, 0.6) is 0 Å². The van der Waals surface area contributed by atoms with Crippen molar-refractivity contribution in [3.63, 3.8) is 0 Å². The van der Waals surface area contributed by atoms with Crippen LogP contribution in [0.2, 0.25) is 0 Å². The van der Waals surface area contributed by atoms with E-state index < -0.39 is 0 Å². The van der Waals surface area contributed by atoms with E-state index in [-0.39, 0.29) is 6.10 Å². The van der Waals surface area contributed by atoms with E-state index in [1.807, 2.05) is 6.92 Å². The monoisotopic (exact) mass is 186 g/mol. The molecule has 1 aliphatic heterocycles. The second-order valence-corrected chi connectivity index (χ2v) is 4.12. The summed E-state index contributed by atoms with van der Waals surface area (Å²) in [5, 5.41) is 12.4. The van der Waals surface area contributed by atoms with E-state index in [4.69, 9.17) is 5.11 Å². The molecule has 0 aromatic rings. The van der Waals surface area contributed by atoms with Gasteiger partial charge in [0.05, 0.1) is 6.10 Å². The van der Waals surface area contributed by atoms with Gasteiger partial charge in [0.2, 0.25) is 0 Å². The average molecular weight is 186 g/mol. The number of likely N-dealkylation sites (N-methyl/N-ethyl adjacent to an activating group) is 1. The Hall–Kier alpha value is -0.120.